The van der Waals surface area contributed by atoms with Gasteiger partial charge in [0.2, 0.25) is 0 Å². The summed E-state index contributed by atoms with van der Waals surface area (Å²) in [6.07, 6.45) is 1.77. The molecule has 1 aliphatic rings. The van der Waals surface area contributed by atoms with Crippen molar-refractivity contribution in [3.8, 4) is 0 Å². The van der Waals surface area contributed by atoms with Crippen molar-refractivity contribution in [3.05, 3.63) is 65.9 Å². The fourth-order valence-corrected chi connectivity index (χ4v) is 4.28. The van der Waals surface area contributed by atoms with Crippen LogP contribution in [0, 0.1) is 13.8 Å². The number of anilines is 2. The van der Waals surface area contributed by atoms with Crippen LogP contribution in [0.15, 0.2) is 54.6 Å². The van der Waals surface area contributed by atoms with Crippen LogP contribution in [-0.2, 0) is 0 Å². The number of fused-ring (bicyclic) bond motifs is 1. The van der Waals surface area contributed by atoms with Crippen LogP contribution in [-0.4, -0.2) is 54.2 Å². The van der Waals surface area contributed by atoms with Crippen LogP contribution < -0.4 is 21.3 Å². The number of hydrogen-bond donors (Lipinski definition) is 4. The molecule has 1 saturated heterocycles. The minimum Gasteiger partial charge on any atom is -0.337 e. The Morgan fingerprint density at radius 1 is 0.971 bits per heavy atom. The zero-order valence-electron chi connectivity index (χ0n) is 19.7. The molecule has 34 heavy (non-hydrogen) atoms. The Labute approximate surface area is 200 Å². The molecule has 2 heterocycles. The van der Waals surface area contributed by atoms with Gasteiger partial charge in [-0.05, 0) is 56.5 Å². The van der Waals surface area contributed by atoms with Gasteiger partial charge in [0.15, 0.2) is 0 Å². The number of nitrogens with zero attached hydrogens (tertiary/aromatic N) is 2. The maximum atomic E-state index is 12.4. The van der Waals surface area contributed by atoms with E-state index in [1.54, 1.807) is 0 Å². The van der Waals surface area contributed by atoms with Crippen LogP contribution in [0.25, 0.3) is 10.9 Å². The Kier molecular flexibility index (Phi) is 7.59. The van der Waals surface area contributed by atoms with Gasteiger partial charge >= 0.3 is 12.1 Å². The van der Waals surface area contributed by atoms with Crippen molar-refractivity contribution in [2.24, 2.45) is 0 Å². The highest BCUT2D eigenvalue weighted by atomic mass is 16.2. The van der Waals surface area contributed by atoms with Crippen molar-refractivity contribution in [2.45, 2.75) is 32.7 Å². The molecule has 4 amide bonds. The molecule has 1 aromatic heterocycles. The van der Waals surface area contributed by atoms with Crippen LogP contribution in [0.1, 0.15) is 24.1 Å². The number of piperidine rings is 1. The van der Waals surface area contributed by atoms with Gasteiger partial charge in [0.1, 0.15) is 0 Å². The van der Waals surface area contributed by atoms with Crippen LogP contribution in [0.2, 0.25) is 0 Å². The maximum Gasteiger partial charge on any atom is 0.319 e. The first-order valence-corrected chi connectivity index (χ1v) is 11.7. The van der Waals surface area contributed by atoms with Crippen LogP contribution in [0.4, 0.5) is 21.0 Å². The van der Waals surface area contributed by atoms with E-state index < -0.39 is 0 Å². The van der Waals surface area contributed by atoms with Gasteiger partial charge in [-0.3, -0.25) is 4.98 Å². The molecule has 0 atom stereocenters. The summed E-state index contributed by atoms with van der Waals surface area (Å²) in [4.78, 5) is 31.5. The molecule has 4 rings (SSSR count). The van der Waals surface area contributed by atoms with Gasteiger partial charge in [0.05, 0.1) is 11.2 Å². The average molecular weight is 461 g/mol. The molecular weight excluding hydrogens is 428 g/mol. The standard InChI is InChI=1S/C26H32N6O2/c1-18-6-5-7-21(16-18)30-26(34)29-20-10-13-32(14-11-20)15-12-27-25(33)31-24-17-19(2)28-23-9-4-3-8-22(23)24/h3-9,16-17,20H,10-15H2,1-2H3,(H2,29,30,34)(H2,27,28,31,33). The number of nitrogens with one attached hydrogen (secondary N) is 4. The lowest BCUT2D eigenvalue weighted by molar-refractivity contribution is 0.196. The predicted molar refractivity (Wildman–Crippen MR) is 136 cm³/mol. The molecule has 8 heteroatoms. The highest BCUT2D eigenvalue weighted by molar-refractivity contribution is 6.00. The first kappa shape index (κ1) is 23.5. The third kappa shape index (κ3) is 6.45. The van der Waals surface area contributed by atoms with E-state index in [1.807, 2.05) is 68.4 Å². The number of rotatable bonds is 6. The summed E-state index contributed by atoms with van der Waals surface area (Å²) in [5, 5.41) is 12.8. The van der Waals surface area contributed by atoms with Crippen molar-refractivity contribution < 1.29 is 9.59 Å². The van der Waals surface area contributed by atoms with E-state index in [0.29, 0.717) is 6.54 Å². The Hall–Kier alpha value is -3.65. The minimum absolute atomic E-state index is 0.153. The molecule has 1 aliphatic heterocycles. The zero-order valence-corrected chi connectivity index (χ0v) is 19.7. The summed E-state index contributed by atoms with van der Waals surface area (Å²) in [5.41, 5.74) is 4.39. The van der Waals surface area contributed by atoms with Crippen molar-refractivity contribution in [1.82, 2.24) is 20.5 Å². The molecule has 1 fully saturated rings. The number of aromatic nitrogens is 1. The van der Waals surface area contributed by atoms with Gasteiger partial charge < -0.3 is 26.2 Å². The lowest BCUT2D eigenvalue weighted by Crippen LogP contribution is -2.47. The molecule has 4 N–H and O–H groups in total. The summed E-state index contributed by atoms with van der Waals surface area (Å²) in [6.45, 7) is 7.00. The second-order valence-corrected chi connectivity index (χ2v) is 8.79. The first-order chi connectivity index (χ1) is 16.5. The van der Waals surface area contributed by atoms with E-state index in [-0.39, 0.29) is 18.1 Å². The van der Waals surface area contributed by atoms with Crippen molar-refractivity contribution in [3.63, 3.8) is 0 Å². The van der Waals surface area contributed by atoms with Gasteiger partial charge in [-0.25, -0.2) is 9.59 Å². The summed E-state index contributed by atoms with van der Waals surface area (Å²) in [6, 6.07) is 17.2. The van der Waals surface area contributed by atoms with Crippen LogP contribution in [0.3, 0.4) is 0 Å². The predicted octanol–water partition coefficient (Wildman–Crippen LogP) is 4.26. The van der Waals surface area contributed by atoms with E-state index in [0.717, 1.165) is 66.0 Å². The van der Waals surface area contributed by atoms with Gasteiger partial charge in [-0.2, -0.15) is 0 Å². The number of hydrogen-bond acceptors (Lipinski definition) is 4. The van der Waals surface area contributed by atoms with Crippen LogP contribution in [0.5, 0.6) is 0 Å². The van der Waals surface area contributed by atoms with Crippen molar-refractivity contribution in [2.75, 3.05) is 36.8 Å². The number of amides is 4. The van der Waals surface area contributed by atoms with E-state index in [4.69, 9.17) is 0 Å². The minimum atomic E-state index is -0.222. The number of carbonyl (C=O) groups excluding carboxylic acids is 2. The zero-order chi connectivity index (χ0) is 23.9. The van der Waals surface area contributed by atoms with Crippen molar-refractivity contribution >= 4 is 34.3 Å². The molecule has 2 aromatic carbocycles. The maximum absolute atomic E-state index is 12.4. The molecule has 0 saturated carbocycles. The monoisotopic (exact) mass is 460 g/mol. The Morgan fingerprint density at radius 3 is 2.56 bits per heavy atom. The molecule has 0 radical (unpaired) electrons. The van der Waals surface area contributed by atoms with Crippen LogP contribution >= 0.6 is 0 Å². The normalized spacial score (nSPS) is 14.5. The van der Waals surface area contributed by atoms with E-state index in [1.165, 1.54) is 0 Å². The number of aryl methyl sites for hydroxylation is 2. The lowest BCUT2D eigenvalue weighted by atomic mass is 10.1. The molecule has 8 nitrogen and oxygen atoms in total. The number of pyridine rings is 1. The summed E-state index contributed by atoms with van der Waals surface area (Å²) in [7, 11) is 0. The van der Waals surface area contributed by atoms with E-state index in [2.05, 4.69) is 31.2 Å². The van der Waals surface area contributed by atoms with Gasteiger partial charge in [0, 0.05) is 49.0 Å². The fourth-order valence-electron chi connectivity index (χ4n) is 4.28. The van der Waals surface area contributed by atoms with E-state index >= 15 is 0 Å². The van der Waals surface area contributed by atoms with Gasteiger partial charge in [-0.15, -0.1) is 0 Å². The third-order valence-corrected chi connectivity index (χ3v) is 6.00. The Morgan fingerprint density at radius 2 is 1.76 bits per heavy atom. The van der Waals surface area contributed by atoms with Crippen molar-refractivity contribution in [1.29, 1.82) is 0 Å². The number of para-hydroxylation sites is 1. The first-order valence-electron chi connectivity index (χ1n) is 11.7. The summed E-state index contributed by atoms with van der Waals surface area (Å²) >= 11 is 0. The molecule has 0 unspecified atom stereocenters. The highest BCUT2D eigenvalue weighted by Gasteiger charge is 2.20. The Balaban J connectivity index is 1.16. The third-order valence-electron chi connectivity index (χ3n) is 6.00. The highest BCUT2D eigenvalue weighted by Crippen LogP contribution is 2.22. The molecule has 0 spiro atoms. The largest absolute Gasteiger partial charge is 0.337 e. The van der Waals surface area contributed by atoms with Gasteiger partial charge in [-0.1, -0.05) is 30.3 Å². The topological polar surface area (TPSA) is 98.4 Å². The number of benzene rings is 2. The lowest BCUT2D eigenvalue weighted by Gasteiger charge is -2.32. The second-order valence-electron chi connectivity index (χ2n) is 8.79. The quantitative estimate of drug-likeness (QED) is 0.442. The molecule has 178 valence electrons. The number of urea groups is 2. The number of likely N-dealkylation sites (tertiary alicyclic amines) is 1. The van der Waals surface area contributed by atoms with Gasteiger partial charge in [0.25, 0.3) is 0 Å². The molecule has 0 bridgehead atoms. The average Bonchev–Trinajstić information content (AvgIpc) is 2.80. The SMILES string of the molecule is Cc1cccc(NC(=O)NC2CCN(CCNC(=O)Nc3cc(C)nc4ccccc34)CC2)c1. The summed E-state index contributed by atoms with van der Waals surface area (Å²) < 4.78 is 0. The smallest absolute Gasteiger partial charge is 0.319 e. The summed E-state index contributed by atoms with van der Waals surface area (Å²) in [5.74, 6) is 0. The molecule has 0 aliphatic carbocycles. The molecule has 3 aromatic rings. The number of carbonyl (C=O) groups is 2. The Bertz CT molecular complexity index is 1160. The fraction of sp³-hybridized carbons (Fsp3) is 0.346. The second kappa shape index (κ2) is 11.0. The van der Waals surface area contributed by atoms with E-state index in [9.17, 15) is 9.59 Å². The molecular formula is C26H32N6O2.